The number of carbonyl (C=O) groups excluding carboxylic acids is 2. The van der Waals surface area contributed by atoms with E-state index in [1.54, 1.807) is 6.07 Å². The number of halogens is 3. The second-order valence-electron chi connectivity index (χ2n) is 7.44. The van der Waals surface area contributed by atoms with Crippen LogP contribution < -0.4 is 4.90 Å². The third-order valence-corrected chi connectivity index (χ3v) is 5.71. The number of ether oxygens (including phenoxy) is 1. The summed E-state index contributed by atoms with van der Waals surface area (Å²) >= 11 is 3.20. The Morgan fingerprint density at radius 1 is 1.19 bits per heavy atom. The van der Waals surface area contributed by atoms with Crippen LogP contribution in [0.25, 0.3) is 6.08 Å². The van der Waals surface area contributed by atoms with Crippen molar-refractivity contribution in [3.63, 3.8) is 0 Å². The Morgan fingerprint density at radius 3 is 2.61 bits per heavy atom. The van der Waals surface area contributed by atoms with Crippen molar-refractivity contribution >= 4 is 39.6 Å². The van der Waals surface area contributed by atoms with Crippen molar-refractivity contribution in [2.45, 2.75) is 38.6 Å². The number of carbonyl (C=O) groups is 2. The Kier molecular flexibility index (Phi) is 7.46. The first-order valence-electron chi connectivity index (χ1n) is 10.6. The van der Waals surface area contributed by atoms with Gasteiger partial charge in [0.25, 0.3) is 0 Å². The molecule has 0 saturated heterocycles. The molecule has 0 aliphatic heterocycles. The Bertz CT molecular complexity index is 1020. The van der Waals surface area contributed by atoms with Gasteiger partial charge >= 0.3 is 5.97 Å². The van der Waals surface area contributed by atoms with E-state index in [1.807, 2.05) is 0 Å². The van der Waals surface area contributed by atoms with Crippen LogP contribution in [0.1, 0.15) is 44.6 Å². The minimum atomic E-state index is -1.41. The first kappa shape index (κ1) is 21.7. The second-order valence-corrected chi connectivity index (χ2v) is 8.35. The molecule has 0 bridgehead atoms. The van der Waals surface area contributed by atoms with E-state index >= 15 is 0 Å². The van der Waals surface area contributed by atoms with Gasteiger partial charge in [-0.05, 0) is 54.8 Å². The van der Waals surface area contributed by atoms with Crippen LogP contribution in [-0.4, -0.2) is 19.0 Å². The molecule has 1 unspecified atom stereocenters. The maximum atomic E-state index is 14.7. The lowest BCUT2D eigenvalue weighted by atomic mass is 9.88. The minimum absolute atomic E-state index is 0.00766. The number of hydrogen-bond acceptors (Lipinski definition) is 3. The Labute approximate surface area is 190 Å². The standard InChI is InChI=1S/C24H24BrF2NO3/c1-31-23(29)10-7-16-11-20(26)14-21(12-16)28(24(30)17-5-3-2-4-6-17)15-18-8-9-19(25)13-22(18)27/h7-14,17H,2-6,15H2,1H3/b10-7+/i15D. The largest absolute Gasteiger partial charge is 0.466 e. The van der Waals surface area contributed by atoms with Crippen LogP contribution in [0, 0.1) is 17.6 Å². The molecule has 3 rings (SSSR count). The van der Waals surface area contributed by atoms with Crippen molar-refractivity contribution in [2.24, 2.45) is 5.92 Å². The van der Waals surface area contributed by atoms with E-state index in [0.29, 0.717) is 22.9 Å². The van der Waals surface area contributed by atoms with Gasteiger partial charge in [0.05, 0.1) is 15.0 Å². The number of methoxy groups -OCH3 is 1. The quantitative estimate of drug-likeness (QED) is 0.365. The van der Waals surface area contributed by atoms with E-state index in [1.165, 1.54) is 37.5 Å². The molecule has 1 fully saturated rings. The van der Waals surface area contributed by atoms with Crippen LogP contribution in [0.3, 0.4) is 0 Å². The summed E-state index contributed by atoms with van der Waals surface area (Å²) in [5, 5.41) is 0. The second kappa shape index (κ2) is 10.7. The minimum Gasteiger partial charge on any atom is -0.466 e. The van der Waals surface area contributed by atoms with Crippen molar-refractivity contribution in [1.29, 1.82) is 0 Å². The molecule has 0 heterocycles. The number of esters is 1. The van der Waals surface area contributed by atoms with Gasteiger partial charge in [-0.15, -0.1) is 0 Å². The van der Waals surface area contributed by atoms with E-state index in [-0.39, 0.29) is 23.1 Å². The fourth-order valence-corrected chi connectivity index (χ4v) is 3.95. The fourth-order valence-electron chi connectivity index (χ4n) is 3.62. The Hall–Kier alpha value is -2.54. The molecule has 1 saturated carbocycles. The predicted octanol–water partition coefficient (Wildman–Crippen LogP) is 6.03. The van der Waals surface area contributed by atoms with E-state index in [9.17, 15) is 18.4 Å². The molecule has 7 heteroatoms. The molecule has 0 spiro atoms. The van der Waals surface area contributed by atoms with Crippen molar-refractivity contribution in [2.75, 3.05) is 12.0 Å². The van der Waals surface area contributed by atoms with Crippen LogP contribution in [0.5, 0.6) is 0 Å². The smallest absolute Gasteiger partial charge is 0.330 e. The van der Waals surface area contributed by atoms with Crippen LogP contribution in [-0.2, 0) is 20.8 Å². The van der Waals surface area contributed by atoms with Gasteiger partial charge in [-0.1, -0.05) is 41.3 Å². The third kappa shape index (κ3) is 6.23. The molecule has 1 atom stereocenters. The highest BCUT2D eigenvalue weighted by Crippen LogP contribution is 2.30. The van der Waals surface area contributed by atoms with Crippen LogP contribution in [0.15, 0.2) is 46.9 Å². The topological polar surface area (TPSA) is 46.6 Å². The molecule has 2 aromatic carbocycles. The average Bonchev–Trinajstić information content (AvgIpc) is 2.77. The summed E-state index contributed by atoms with van der Waals surface area (Å²) in [5.41, 5.74) is 0.455. The molecular weight excluding hydrogens is 468 g/mol. The molecule has 31 heavy (non-hydrogen) atoms. The van der Waals surface area contributed by atoms with Gasteiger partial charge in [0.2, 0.25) is 5.91 Å². The zero-order valence-electron chi connectivity index (χ0n) is 18.1. The van der Waals surface area contributed by atoms with Crippen molar-refractivity contribution in [1.82, 2.24) is 0 Å². The van der Waals surface area contributed by atoms with Crippen LogP contribution in [0.4, 0.5) is 14.5 Å². The molecule has 2 aromatic rings. The average molecular weight is 493 g/mol. The molecule has 0 radical (unpaired) electrons. The summed E-state index contributed by atoms with van der Waals surface area (Å²) in [4.78, 5) is 26.1. The maximum Gasteiger partial charge on any atom is 0.330 e. The summed E-state index contributed by atoms with van der Waals surface area (Å²) in [5.74, 6) is -2.53. The summed E-state index contributed by atoms with van der Waals surface area (Å²) in [6.45, 7) is -1.41. The lowest BCUT2D eigenvalue weighted by Crippen LogP contribution is -2.37. The number of anilines is 1. The number of nitrogens with zero attached hydrogens (tertiary/aromatic N) is 1. The summed E-state index contributed by atoms with van der Waals surface area (Å²) in [7, 11) is 1.23. The SMILES string of the molecule is [2H]C(c1ccc(Br)cc1F)N(C(=O)C1CCCCC1)c1cc(F)cc(/C=C/C(=O)OC)c1. The highest BCUT2D eigenvalue weighted by molar-refractivity contribution is 9.10. The molecule has 1 aliphatic carbocycles. The number of hydrogen-bond donors (Lipinski definition) is 0. The molecule has 0 N–H and O–H groups in total. The summed E-state index contributed by atoms with van der Waals surface area (Å²) in [6.07, 6.45) is 6.69. The van der Waals surface area contributed by atoms with Gasteiger partial charge in [-0.3, -0.25) is 4.79 Å². The summed E-state index contributed by atoms with van der Waals surface area (Å²) in [6, 6.07) is 8.12. The molecular formula is C24H24BrF2NO3. The first-order chi connectivity index (χ1) is 15.3. The fraction of sp³-hybridized carbons (Fsp3) is 0.333. The van der Waals surface area contributed by atoms with Crippen LogP contribution >= 0.6 is 15.9 Å². The van der Waals surface area contributed by atoms with E-state index < -0.39 is 24.1 Å². The zero-order valence-corrected chi connectivity index (χ0v) is 18.7. The van der Waals surface area contributed by atoms with Gasteiger partial charge < -0.3 is 9.64 Å². The number of rotatable bonds is 6. The van der Waals surface area contributed by atoms with Crippen molar-refractivity contribution in [3.05, 3.63) is 69.7 Å². The normalized spacial score (nSPS) is 16.1. The van der Waals surface area contributed by atoms with Crippen LogP contribution in [0.2, 0.25) is 0 Å². The maximum absolute atomic E-state index is 14.7. The number of amides is 1. The van der Waals surface area contributed by atoms with Gasteiger partial charge in [-0.25, -0.2) is 13.6 Å². The molecule has 4 nitrogen and oxygen atoms in total. The van der Waals surface area contributed by atoms with E-state index in [0.717, 1.165) is 36.3 Å². The Morgan fingerprint density at radius 2 is 1.94 bits per heavy atom. The van der Waals surface area contributed by atoms with Crippen molar-refractivity contribution < 1.29 is 24.5 Å². The molecule has 1 aliphatic rings. The predicted molar refractivity (Wildman–Crippen MR) is 119 cm³/mol. The van der Waals surface area contributed by atoms with Gasteiger partial charge in [0, 0.05) is 27.7 Å². The molecule has 0 aromatic heterocycles. The van der Waals surface area contributed by atoms with E-state index in [4.69, 9.17) is 1.37 Å². The number of benzene rings is 2. The highest BCUT2D eigenvalue weighted by Gasteiger charge is 2.28. The highest BCUT2D eigenvalue weighted by atomic mass is 79.9. The van der Waals surface area contributed by atoms with Gasteiger partial charge in [-0.2, -0.15) is 0 Å². The molecule has 164 valence electrons. The van der Waals surface area contributed by atoms with Gasteiger partial charge in [0.1, 0.15) is 11.6 Å². The monoisotopic (exact) mass is 492 g/mol. The Balaban J connectivity index is 2.05. The lowest BCUT2D eigenvalue weighted by molar-refractivity contribution is -0.134. The first-order valence-corrected chi connectivity index (χ1v) is 10.9. The zero-order chi connectivity index (χ0) is 23.3. The molecule has 1 amide bonds. The lowest BCUT2D eigenvalue weighted by Gasteiger charge is -2.30. The third-order valence-electron chi connectivity index (χ3n) is 5.22. The van der Waals surface area contributed by atoms with Gasteiger partial charge in [0.15, 0.2) is 0 Å². The summed E-state index contributed by atoms with van der Waals surface area (Å²) < 4.78 is 42.9. The van der Waals surface area contributed by atoms with E-state index in [2.05, 4.69) is 20.7 Å². The van der Waals surface area contributed by atoms with Crippen molar-refractivity contribution in [3.8, 4) is 0 Å².